The van der Waals surface area contributed by atoms with Crippen LogP contribution in [0.4, 0.5) is 0 Å². The average Bonchev–Trinajstić information content (AvgIpc) is 2.37. The Labute approximate surface area is 121 Å². The van der Waals surface area contributed by atoms with Gasteiger partial charge in [0.25, 0.3) is 0 Å². The molecular weight excluding hydrogens is 246 g/mol. The zero-order chi connectivity index (χ0) is 13.7. The third kappa shape index (κ3) is 1.90. The van der Waals surface area contributed by atoms with E-state index in [1.165, 1.54) is 49.8 Å². The highest BCUT2D eigenvalue weighted by atomic mass is 14.9. The quantitative estimate of drug-likeness (QED) is 0.919. The van der Waals surface area contributed by atoms with Crippen LogP contribution in [0.5, 0.6) is 0 Å². The molecule has 108 valence electrons. The van der Waals surface area contributed by atoms with Gasteiger partial charge < -0.3 is 5.73 Å². The van der Waals surface area contributed by atoms with Crippen LogP contribution in [0.25, 0.3) is 0 Å². The van der Waals surface area contributed by atoms with Gasteiger partial charge in [0.05, 0.1) is 0 Å². The Morgan fingerprint density at radius 2 is 1.75 bits per heavy atom. The Morgan fingerprint density at radius 3 is 2.25 bits per heavy atom. The summed E-state index contributed by atoms with van der Waals surface area (Å²) in [5.41, 5.74) is 8.70. The fraction of sp³-hybridized carbons (Fsp3) is 0.765. The smallest absolute Gasteiger partial charge is 0.129 e. The monoisotopic (exact) mass is 271 g/mol. The molecule has 0 unspecified atom stereocenters. The fourth-order valence-electron chi connectivity index (χ4n) is 5.73. The van der Waals surface area contributed by atoms with Crippen molar-refractivity contribution in [3.63, 3.8) is 0 Å². The topological polar surface area (TPSA) is 51.8 Å². The van der Waals surface area contributed by atoms with E-state index in [1.807, 2.05) is 0 Å². The van der Waals surface area contributed by atoms with Crippen LogP contribution >= 0.6 is 0 Å². The molecule has 4 bridgehead atoms. The van der Waals surface area contributed by atoms with Crippen LogP contribution in [-0.4, -0.2) is 16.5 Å². The molecule has 2 N–H and O–H groups in total. The van der Waals surface area contributed by atoms with E-state index in [4.69, 9.17) is 10.7 Å². The summed E-state index contributed by atoms with van der Waals surface area (Å²) in [6.07, 6.45) is 11.6. The molecule has 0 spiro atoms. The Bertz CT molecular complexity index is 488. The van der Waals surface area contributed by atoms with Gasteiger partial charge in [-0.3, -0.25) is 0 Å². The minimum absolute atomic E-state index is 0.417. The van der Waals surface area contributed by atoms with E-state index in [0.29, 0.717) is 12.0 Å². The summed E-state index contributed by atoms with van der Waals surface area (Å²) < 4.78 is 0. The minimum atomic E-state index is 0.417. The molecule has 0 amide bonds. The highest BCUT2D eigenvalue weighted by Crippen LogP contribution is 2.60. The van der Waals surface area contributed by atoms with Gasteiger partial charge in [0.15, 0.2) is 0 Å². The number of rotatable bonds is 3. The van der Waals surface area contributed by atoms with Gasteiger partial charge in [-0.15, -0.1) is 0 Å². The number of hydrogen-bond acceptors (Lipinski definition) is 3. The highest BCUT2D eigenvalue weighted by molar-refractivity contribution is 5.30. The molecule has 5 rings (SSSR count). The lowest BCUT2D eigenvalue weighted by molar-refractivity contribution is -0.00582. The van der Waals surface area contributed by atoms with E-state index in [0.717, 1.165) is 30.0 Å². The molecule has 4 aliphatic rings. The minimum Gasteiger partial charge on any atom is -0.330 e. The van der Waals surface area contributed by atoms with Gasteiger partial charge in [-0.25, -0.2) is 9.97 Å². The Kier molecular flexibility index (Phi) is 2.88. The second-order valence-electron chi connectivity index (χ2n) is 7.52. The zero-order valence-electron chi connectivity index (χ0n) is 12.4. The molecular formula is C17H25N3. The van der Waals surface area contributed by atoms with Crippen LogP contribution in [-0.2, 0) is 11.8 Å². The average molecular weight is 271 g/mol. The third-order valence-electron chi connectivity index (χ3n) is 6.01. The molecule has 1 heterocycles. The zero-order valence-corrected chi connectivity index (χ0v) is 12.4. The molecule has 0 aliphatic heterocycles. The Hall–Kier alpha value is -0.960. The van der Waals surface area contributed by atoms with Crippen molar-refractivity contribution >= 4 is 0 Å². The van der Waals surface area contributed by atoms with Crippen molar-refractivity contribution in [2.45, 2.75) is 57.3 Å². The van der Waals surface area contributed by atoms with Gasteiger partial charge in [0.2, 0.25) is 0 Å². The van der Waals surface area contributed by atoms with E-state index >= 15 is 0 Å². The maximum absolute atomic E-state index is 5.61. The lowest BCUT2D eigenvalue weighted by atomic mass is 9.48. The normalized spacial score (nSPS) is 38.4. The number of nitrogens with zero attached hydrogens (tertiary/aromatic N) is 2. The Morgan fingerprint density at radius 1 is 1.15 bits per heavy atom. The number of hydrogen-bond donors (Lipinski definition) is 1. The number of aromatic nitrogens is 2. The molecule has 4 saturated carbocycles. The van der Waals surface area contributed by atoms with Gasteiger partial charge in [0.1, 0.15) is 5.82 Å². The van der Waals surface area contributed by atoms with Crippen molar-refractivity contribution in [2.24, 2.45) is 23.5 Å². The maximum atomic E-state index is 5.61. The first kappa shape index (κ1) is 12.8. The summed E-state index contributed by atoms with van der Waals surface area (Å²) in [7, 11) is 0. The van der Waals surface area contributed by atoms with Crippen molar-refractivity contribution in [2.75, 3.05) is 6.54 Å². The first-order valence-electron chi connectivity index (χ1n) is 8.21. The third-order valence-corrected chi connectivity index (χ3v) is 6.01. The fourth-order valence-corrected chi connectivity index (χ4v) is 5.73. The summed E-state index contributed by atoms with van der Waals surface area (Å²) in [6.45, 7) is 2.81. The molecule has 0 aromatic carbocycles. The maximum Gasteiger partial charge on any atom is 0.129 e. The first-order chi connectivity index (χ1) is 9.68. The van der Waals surface area contributed by atoms with Crippen LogP contribution in [0, 0.1) is 24.7 Å². The molecule has 20 heavy (non-hydrogen) atoms. The molecule has 1 aromatic rings. The van der Waals surface area contributed by atoms with Gasteiger partial charge in [-0.1, -0.05) is 0 Å². The van der Waals surface area contributed by atoms with Crippen molar-refractivity contribution in [1.82, 2.24) is 9.97 Å². The summed E-state index contributed by atoms with van der Waals surface area (Å²) in [4.78, 5) is 9.32. The van der Waals surface area contributed by atoms with Crippen LogP contribution in [0.15, 0.2) is 6.20 Å². The second kappa shape index (κ2) is 4.52. The van der Waals surface area contributed by atoms with Crippen molar-refractivity contribution in [3.05, 3.63) is 23.3 Å². The predicted molar refractivity (Wildman–Crippen MR) is 79.4 cm³/mol. The van der Waals surface area contributed by atoms with Crippen LogP contribution in [0.3, 0.4) is 0 Å². The van der Waals surface area contributed by atoms with Crippen molar-refractivity contribution in [3.8, 4) is 0 Å². The molecule has 4 fully saturated rings. The lowest BCUT2D eigenvalue weighted by Gasteiger charge is -2.57. The largest absolute Gasteiger partial charge is 0.330 e. The molecule has 0 atom stereocenters. The summed E-state index contributed by atoms with van der Waals surface area (Å²) in [5.74, 6) is 3.84. The van der Waals surface area contributed by atoms with Gasteiger partial charge in [0, 0.05) is 18.3 Å². The summed E-state index contributed by atoms with van der Waals surface area (Å²) in [6, 6.07) is 0. The van der Waals surface area contributed by atoms with Crippen molar-refractivity contribution < 1.29 is 0 Å². The molecule has 3 heteroatoms. The van der Waals surface area contributed by atoms with E-state index < -0.39 is 0 Å². The van der Waals surface area contributed by atoms with Gasteiger partial charge >= 0.3 is 0 Å². The summed E-state index contributed by atoms with van der Waals surface area (Å²) in [5, 5.41) is 0. The van der Waals surface area contributed by atoms with E-state index in [1.54, 1.807) is 0 Å². The lowest BCUT2D eigenvalue weighted by Crippen LogP contribution is -2.49. The molecule has 0 saturated heterocycles. The second-order valence-corrected chi connectivity index (χ2v) is 7.52. The number of aryl methyl sites for hydroxylation is 1. The van der Waals surface area contributed by atoms with E-state index in [9.17, 15) is 0 Å². The van der Waals surface area contributed by atoms with Crippen LogP contribution < -0.4 is 5.73 Å². The highest BCUT2D eigenvalue weighted by Gasteiger charge is 2.52. The van der Waals surface area contributed by atoms with E-state index in [2.05, 4.69) is 18.1 Å². The van der Waals surface area contributed by atoms with Crippen molar-refractivity contribution in [1.29, 1.82) is 0 Å². The molecule has 4 aliphatic carbocycles. The first-order valence-corrected chi connectivity index (χ1v) is 8.21. The van der Waals surface area contributed by atoms with Crippen LogP contribution in [0.2, 0.25) is 0 Å². The molecule has 3 nitrogen and oxygen atoms in total. The molecule has 1 aromatic heterocycles. The summed E-state index contributed by atoms with van der Waals surface area (Å²) >= 11 is 0. The molecule has 0 radical (unpaired) electrons. The SMILES string of the molecule is Cc1nc(CCN)ncc1C12CC3CC(CC(C3)C1)C2. The van der Waals surface area contributed by atoms with Crippen LogP contribution in [0.1, 0.15) is 55.6 Å². The standard InChI is InChI=1S/C17H25N3/c1-11-15(10-19-16(20-11)2-3-18)17-7-12-4-13(8-17)6-14(5-12)9-17/h10,12-14H,2-9,18H2,1H3. The van der Waals surface area contributed by atoms with E-state index in [-0.39, 0.29) is 0 Å². The predicted octanol–water partition coefficient (Wildman–Crippen LogP) is 2.75. The van der Waals surface area contributed by atoms with Gasteiger partial charge in [-0.05, 0) is 80.7 Å². The number of nitrogens with two attached hydrogens (primary N) is 1. The Balaban J connectivity index is 1.70. The van der Waals surface area contributed by atoms with Gasteiger partial charge in [-0.2, -0.15) is 0 Å².